The number of fused-ring (bicyclic) bond motifs is 1. The molecule has 0 amide bonds. The van der Waals surface area contributed by atoms with Crippen molar-refractivity contribution in [1.82, 2.24) is 29.9 Å². The molecule has 0 saturated heterocycles. The van der Waals surface area contributed by atoms with Crippen molar-refractivity contribution in [1.29, 1.82) is 0 Å². The van der Waals surface area contributed by atoms with Crippen LogP contribution in [0.1, 0.15) is 0 Å². The highest BCUT2D eigenvalue weighted by Crippen LogP contribution is 2.18. The Balaban J connectivity index is 2.20. The second-order valence-corrected chi connectivity index (χ2v) is 5.15. The monoisotopic (exact) mass is 290 g/mol. The van der Waals surface area contributed by atoms with Gasteiger partial charge in [-0.15, -0.1) is 5.10 Å². The first-order valence-electron chi connectivity index (χ1n) is 5.46. The van der Waals surface area contributed by atoms with E-state index in [2.05, 4.69) is 25.3 Å². The van der Waals surface area contributed by atoms with E-state index >= 15 is 0 Å². The SMILES string of the molecule is CSc1nc(SC)nc(-n2nnc3ccccc32)n1. The second-order valence-electron chi connectivity index (χ2n) is 3.60. The minimum atomic E-state index is 0.498. The topological polar surface area (TPSA) is 69.4 Å². The lowest BCUT2D eigenvalue weighted by Gasteiger charge is -2.03. The Hall–Kier alpha value is -1.67. The molecule has 96 valence electrons. The van der Waals surface area contributed by atoms with Crippen LogP contribution < -0.4 is 0 Å². The van der Waals surface area contributed by atoms with Crippen LogP contribution in [0.5, 0.6) is 0 Å². The zero-order valence-electron chi connectivity index (χ0n) is 10.3. The van der Waals surface area contributed by atoms with E-state index < -0.39 is 0 Å². The third kappa shape index (κ3) is 2.28. The average Bonchev–Trinajstić information content (AvgIpc) is 2.90. The van der Waals surface area contributed by atoms with Crippen LogP contribution in [-0.4, -0.2) is 42.5 Å². The summed E-state index contributed by atoms with van der Waals surface area (Å²) in [6.07, 6.45) is 3.87. The lowest BCUT2D eigenvalue weighted by molar-refractivity contribution is 0.701. The molecule has 0 bridgehead atoms. The molecule has 2 aromatic heterocycles. The van der Waals surface area contributed by atoms with Gasteiger partial charge in [0.1, 0.15) is 5.52 Å². The molecule has 0 aliphatic rings. The Bertz CT molecular complexity index is 704. The van der Waals surface area contributed by atoms with E-state index in [0.717, 1.165) is 11.0 Å². The highest BCUT2D eigenvalue weighted by atomic mass is 32.2. The largest absolute Gasteiger partial charge is 0.257 e. The molecule has 0 saturated carbocycles. The molecule has 2 heterocycles. The molecule has 0 unspecified atom stereocenters. The van der Waals surface area contributed by atoms with Gasteiger partial charge in [0.05, 0.1) is 5.52 Å². The standard InChI is InChI=1S/C11H10N6S2/c1-18-10-12-9(13-11(14-10)19-2)17-8-6-4-3-5-7(8)15-16-17/h3-6H,1-2H3. The minimum Gasteiger partial charge on any atom is -0.196 e. The summed E-state index contributed by atoms with van der Waals surface area (Å²) in [6, 6.07) is 7.71. The Kier molecular flexibility index (Phi) is 3.34. The van der Waals surface area contributed by atoms with Gasteiger partial charge in [-0.25, -0.2) is 0 Å². The minimum absolute atomic E-state index is 0.498. The molecule has 0 aliphatic carbocycles. The van der Waals surface area contributed by atoms with Crippen LogP contribution in [0.15, 0.2) is 34.6 Å². The Morgan fingerprint density at radius 2 is 1.63 bits per heavy atom. The van der Waals surface area contributed by atoms with Crippen molar-refractivity contribution >= 4 is 34.6 Å². The highest BCUT2D eigenvalue weighted by molar-refractivity contribution is 7.99. The highest BCUT2D eigenvalue weighted by Gasteiger charge is 2.11. The fraction of sp³-hybridized carbons (Fsp3) is 0.182. The zero-order valence-corrected chi connectivity index (χ0v) is 11.9. The van der Waals surface area contributed by atoms with Gasteiger partial charge in [-0.2, -0.15) is 19.6 Å². The fourth-order valence-electron chi connectivity index (χ4n) is 1.62. The van der Waals surface area contributed by atoms with Crippen molar-refractivity contribution in [3.05, 3.63) is 24.3 Å². The predicted molar refractivity (Wildman–Crippen MR) is 75.8 cm³/mol. The first kappa shape index (κ1) is 12.4. The number of hydrogen-bond donors (Lipinski definition) is 0. The molecule has 6 nitrogen and oxygen atoms in total. The van der Waals surface area contributed by atoms with E-state index in [1.807, 2.05) is 36.8 Å². The third-order valence-corrected chi connectivity index (χ3v) is 3.58. The van der Waals surface area contributed by atoms with Crippen molar-refractivity contribution in [2.45, 2.75) is 10.3 Å². The van der Waals surface area contributed by atoms with Crippen LogP contribution in [-0.2, 0) is 0 Å². The molecule has 19 heavy (non-hydrogen) atoms. The number of rotatable bonds is 3. The maximum atomic E-state index is 4.38. The van der Waals surface area contributed by atoms with E-state index in [0.29, 0.717) is 16.3 Å². The predicted octanol–water partition coefficient (Wildman–Crippen LogP) is 2.05. The Morgan fingerprint density at radius 1 is 0.947 bits per heavy atom. The smallest absolute Gasteiger partial charge is 0.196 e. The zero-order chi connectivity index (χ0) is 13.2. The quantitative estimate of drug-likeness (QED) is 0.684. The van der Waals surface area contributed by atoms with E-state index in [4.69, 9.17) is 0 Å². The molecule has 0 fully saturated rings. The average molecular weight is 290 g/mol. The van der Waals surface area contributed by atoms with Gasteiger partial charge in [0.2, 0.25) is 0 Å². The first-order valence-corrected chi connectivity index (χ1v) is 7.91. The van der Waals surface area contributed by atoms with Gasteiger partial charge < -0.3 is 0 Å². The van der Waals surface area contributed by atoms with Gasteiger partial charge in [-0.1, -0.05) is 40.9 Å². The second kappa shape index (κ2) is 5.14. The van der Waals surface area contributed by atoms with Crippen molar-refractivity contribution in [2.24, 2.45) is 0 Å². The van der Waals surface area contributed by atoms with Gasteiger partial charge >= 0.3 is 0 Å². The number of hydrogen-bond acceptors (Lipinski definition) is 7. The number of benzene rings is 1. The van der Waals surface area contributed by atoms with Crippen LogP contribution in [0.25, 0.3) is 17.0 Å². The summed E-state index contributed by atoms with van der Waals surface area (Å²) < 4.78 is 1.64. The van der Waals surface area contributed by atoms with Crippen LogP contribution >= 0.6 is 23.5 Å². The summed E-state index contributed by atoms with van der Waals surface area (Å²) >= 11 is 2.96. The maximum Gasteiger partial charge on any atom is 0.257 e. The van der Waals surface area contributed by atoms with Crippen molar-refractivity contribution < 1.29 is 0 Å². The molecule has 0 N–H and O–H groups in total. The number of nitrogens with zero attached hydrogens (tertiary/aromatic N) is 6. The molecule has 0 aliphatic heterocycles. The van der Waals surface area contributed by atoms with Gasteiger partial charge in [0, 0.05) is 0 Å². The van der Waals surface area contributed by atoms with Crippen LogP contribution in [0.4, 0.5) is 0 Å². The van der Waals surface area contributed by atoms with Crippen molar-refractivity contribution in [3.8, 4) is 5.95 Å². The third-order valence-electron chi connectivity index (χ3n) is 2.49. The van der Waals surface area contributed by atoms with Gasteiger partial charge in [0.15, 0.2) is 10.3 Å². The summed E-state index contributed by atoms with van der Waals surface area (Å²) in [5, 5.41) is 9.57. The lowest BCUT2D eigenvalue weighted by atomic mass is 10.3. The lowest BCUT2D eigenvalue weighted by Crippen LogP contribution is -2.06. The fourth-order valence-corrected chi connectivity index (χ4v) is 2.38. The summed E-state index contributed by atoms with van der Waals surface area (Å²) in [5.74, 6) is 0.498. The molecule has 1 aromatic carbocycles. The van der Waals surface area contributed by atoms with E-state index in [-0.39, 0.29) is 0 Å². The summed E-state index contributed by atoms with van der Waals surface area (Å²) in [5.41, 5.74) is 1.70. The summed E-state index contributed by atoms with van der Waals surface area (Å²) in [6.45, 7) is 0. The Labute approximate surface area is 118 Å². The first-order chi connectivity index (χ1) is 9.31. The van der Waals surface area contributed by atoms with E-state index in [1.54, 1.807) is 4.68 Å². The van der Waals surface area contributed by atoms with Crippen LogP contribution in [0, 0.1) is 0 Å². The van der Waals surface area contributed by atoms with Gasteiger partial charge in [-0.05, 0) is 24.6 Å². The molecular weight excluding hydrogens is 280 g/mol. The van der Waals surface area contributed by atoms with Crippen molar-refractivity contribution in [3.63, 3.8) is 0 Å². The molecule has 0 radical (unpaired) electrons. The number of thioether (sulfide) groups is 2. The molecule has 8 heteroatoms. The molecule has 0 spiro atoms. The van der Waals surface area contributed by atoms with E-state index in [1.165, 1.54) is 23.5 Å². The van der Waals surface area contributed by atoms with E-state index in [9.17, 15) is 0 Å². The molecule has 3 aromatic rings. The van der Waals surface area contributed by atoms with Crippen LogP contribution in [0.3, 0.4) is 0 Å². The molecule has 0 atom stereocenters. The summed E-state index contributed by atoms with van der Waals surface area (Å²) in [4.78, 5) is 13.1. The maximum absolute atomic E-state index is 4.38. The normalized spacial score (nSPS) is 11.1. The number of aromatic nitrogens is 6. The number of para-hydroxylation sites is 1. The molecular formula is C11H10N6S2. The van der Waals surface area contributed by atoms with Crippen molar-refractivity contribution in [2.75, 3.05) is 12.5 Å². The summed E-state index contributed by atoms with van der Waals surface area (Å²) in [7, 11) is 0. The van der Waals surface area contributed by atoms with Gasteiger partial charge in [-0.3, -0.25) is 0 Å². The van der Waals surface area contributed by atoms with Gasteiger partial charge in [0.25, 0.3) is 5.95 Å². The van der Waals surface area contributed by atoms with Crippen LogP contribution in [0.2, 0.25) is 0 Å². The Morgan fingerprint density at radius 3 is 2.32 bits per heavy atom. The molecule has 3 rings (SSSR count).